The molecule has 0 spiro atoms. The van der Waals surface area contributed by atoms with Crippen LogP contribution >= 0.6 is 0 Å². The van der Waals surface area contributed by atoms with E-state index >= 15 is 0 Å². The van der Waals surface area contributed by atoms with Gasteiger partial charge in [0.1, 0.15) is 5.82 Å². The summed E-state index contributed by atoms with van der Waals surface area (Å²) in [4.78, 5) is 0. The van der Waals surface area contributed by atoms with E-state index in [-0.39, 0.29) is 0 Å². The van der Waals surface area contributed by atoms with Gasteiger partial charge in [0.25, 0.3) is 0 Å². The van der Waals surface area contributed by atoms with Crippen molar-refractivity contribution >= 4 is 5.82 Å². The molecule has 98 valence electrons. The number of ether oxygens (including phenoxy) is 1. The van der Waals surface area contributed by atoms with Crippen LogP contribution in [0.1, 0.15) is 45.4 Å². The summed E-state index contributed by atoms with van der Waals surface area (Å²) < 4.78 is 7.37. The molecule has 0 unspecified atom stereocenters. The van der Waals surface area contributed by atoms with Crippen molar-refractivity contribution in [3.05, 3.63) is 12.3 Å². The van der Waals surface area contributed by atoms with E-state index in [0.29, 0.717) is 5.82 Å². The van der Waals surface area contributed by atoms with Crippen molar-refractivity contribution in [1.82, 2.24) is 9.78 Å². The van der Waals surface area contributed by atoms with Gasteiger partial charge in [0.2, 0.25) is 0 Å². The third-order valence-corrected chi connectivity index (χ3v) is 2.77. The van der Waals surface area contributed by atoms with Crippen LogP contribution in [0, 0.1) is 0 Å². The number of unbranched alkanes of at least 4 members (excludes halogenated alkanes) is 5. The molecule has 0 saturated carbocycles. The molecule has 1 rings (SSSR count). The number of nitrogen functional groups attached to an aromatic ring is 1. The zero-order chi connectivity index (χ0) is 12.3. The highest BCUT2D eigenvalue weighted by atomic mass is 16.5. The summed E-state index contributed by atoms with van der Waals surface area (Å²) in [6.45, 7) is 4.61. The van der Waals surface area contributed by atoms with Crippen LogP contribution in [0.3, 0.4) is 0 Å². The largest absolute Gasteiger partial charge is 0.382 e. The van der Waals surface area contributed by atoms with Crippen molar-refractivity contribution in [1.29, 1.82) is 0 Å². The first-order valence-corrected chi connectivity index (χ1v) is 6.69. The standard InChI is InChI=1S/C13H25N3O/c1-2-3-4-5-6-7-11-17-12-10-16-9-8-13(14)15-16/h8-9H,2-7,10-12H2,1H3,(H2,14,15). The fraction of sp³-hybridized carbons (Fsp3) is 0.769. The fourth-order valence-electron chi connectivity index (χ4n) is 1.75. The summed E-state index contributed by atoms with van der Waals surface area (Å²) in [5.41, 5.74) is 5.52. The molecule has 0 aliphatic heterocycles. The number of aromatic nitrogens is 2. The lowest BCUT2D eigenvalue weighted by atomic mass is 10.1. The molecule has 0 bridgehead atoms. The number of anilines is 1. The molecule has 1 aromatic rings. The Morgan fingerprint density at radius 3 is 2.65 bits per heavy atom. The highest BCUT2D eigenvalue weighted by Crippen LogP contribution is 2.04. The summed E-state index contributed by atoms with van der Waals surface area (Å²) in [6, 6.07) is 1.80. The Morgan fingerprint density at radius 2 is 1.94 bits per heavy atom. The van der Waals surface area contributed by atoms with E-state index in [2.05, 4.69) is 12.0 Å². The molecule has 1 heterocycles. The minimum atomic E-state index is 0.570. The molecule has 0 aliphatic carbocycles. The maximum atomic E-state index is 5.55. The summed E-state index contributed by atoms with van der Waals surface area (Å²) in [5, 5.41) is 4.09. The SMILES string of the molecule is CCCCCCCCOCCn1ccc(N)n1. The highest BCUT2D eigenvalue weighted by Gasteiger charge is 1.95. The zero-order valence-electron chi connectivity index (χ0n) is 10.9. The minimum absolute atomic E-state index is 0.570. The molecule has 17 heavy (non-hydrogen) atoms. The Labute approximate surface area is 104 Å². The predicted octanol–water partition coefficient (Wildman–Crippen LogP) is 2.84. The van der Waals surface area contributed by atoms with Gasteiger partial charge in [-0.1, -0.05) is 39.0 Å². The molecule has 4 nitrogen and oxygen atoms in total. The van der Waals surface area contributed by atoms with Crippen molar-refractivity contribution in [3.63, 3.8) is 0 Å². The maximum Gasteiger partial charge on any atom is 0.145 e. The molecule has 4 heteroatoms. The van der Waals surface area contributed by atoms with Crippen LogP contribution in [-0.2, 0) is 11.3 Å². The minimum Gasteiger partial charge on any atom is -0.382 e. The van der Waals surface area contributed by atoms with Crippen molar-refractivity contribution in [3.8, 4) is 0 Å². The second-order valence-corrected chi connectivity index (χ2v) is 4.38. The van der Waals surface area contributed by atoms with Crippen molar-refractivity contribution < 1.29 is 4.74 Å². The molecular formula is C13H25N3O. The van der Waals surface area contributed by atoms with Crippen molar-refractivity contribution in [2.45, 2.75) is 52.0 Å². The van der Waals surface area contributed by atoms with Crippen LogP contribution in [-0.4, -0.2) is 23.0 Å². The molecule has 2 N–H and O–H groups in total. The molecule has 0 aromatic carbocycles. The first-order chi connectivity index (χ1) is 8.33. The second kappa shape index (κ2) is 9.05. The van der Waals surface area contributed by atoms with Gasteiger partial charge in [-0.25, -0.2) is 0 Å². The van der Waals surface area contributed by atoms with E-state index in [1.54, 1.807) is 6.07 Å². The maximum absolute atomic E-state index is 5.55. The van der Waals surface area contributed by atoms with Gasteiger partial charge in [0.15, 0.2) is 0 Å². The van der Waals surface area contributed by atoms with E-state index in [1.807, 2.05) is 10.9 Å². The summed E-state index contributed by atoms with van der Waals surface area (Å²) >= 11 is 0. The number of nitrogens with zero attached hydrogens (tertiary/aromatic N) is 2. The molecular weight excluding hydrogens is 214 g/mol. The van der Waals surface area contributed by atoms with Gasteiger partial charge in [-0.15, -0.1) is 0 Å². The van der Waals surface area contributed by atoms with Gasteiger partial charge in [-0.3, -0.25) is 4.68 Å². The molecule has 0 aliphatic rings. The lowest BCUT2D eigenvalue weighted by Gasteiger charge is -2.04. The van der Waals surface area contributed by atoms with E-state index < -0.39 is 0 Å². The topological polar surface area (TPSA) is 53.1 Å². The average Bonchev–Trinajstić information content (AvgIpc) is 2.73. The Hall–Kier alpha value is -1.03. The van der Waals surface area contributed by atoms with Gasteiger partial charge in [-0.05, 0) is 12.5 Å². The molecule has 0 amide bonds. The van der Waals surface area contributed by atoms with Crippen molar-refractivity contribution in [2.24, 2.45) is 0 Å². The average molecular weight is 239 g/mol. The molecule has 0 saturated heterocycles. The van der Waals surface area contributed by atoms with E-state index in [0.717, 1.165) is 19.8 Å². The predicted molar refractivity (Wildman–Crippen MR) is 70.8 cm³/mol. The van der Waals surface area contributed by atoms with Crippen LogP contribution in [0.4, 0.5) is 5.82 Å². The Balaban J connectivity index is 1.84. The van der Waals surface area contributed by atoms with Gasteiger partial charge in [-0.2, -0.15) is 5.10 Å². The monoisotopic (exact) mass is 239 g/mol. The fourth-order valence-corrected chi connectivity index (χ4v) is 1.75. The summed E-state index contributed by atoms with van der Waals surface area (Å²) in [5.74, 6) is 0.570. The first kappa shape index (κ1) is 14.0. The van der Waals surface area contributed by atoms with E-state index in [9.17, 15) is 0 Å². The quantitative estimate of drug-likeness (QED) is 0.639. The number of nitrogens with two attached hydrogens (primary N) is 1. The Bertz CT molecular complexity index is 286. The van der Waals surface area contributed by atoms with E-state index in [4.69, 9.17) is 10.5 Å². The molecule has 0 atom stereocenters. The normalized spacial score (nSPS) is 10.9. The third-order valence-electron chi connectivity index (χ3n) is 2.77. The molecule has 0 radical (unpaired) electrons. The lowest BCUT2D eigenvalue weighted by molar-refractivity contribution is 0.120. The lowest BCUT2D eigenvalue weighted by Crippen LogP contribution is -2.07. The van der Waals surface area contributed by atoms with Gasteiger partial charge >= 0.3 is 0 Å². The smallest absolute Gasteiger partial charge is 0.145 e. The number of rotatable bonds is 10. The summed E-state index contributed by atoms with van der Waals surface area (Å²) in [7, 11) is 0. The second-order valence-electron chi connectivity index (χ2n) is 4.38. The molecule has 0 fully saturated rings. The van der Waals surface area contributed by atoms with Gasteiger partial charge < -0.3 is 10.5 Å². The number of hydrogen-bond acceptors (Lipinski definition) is 3. The Kier molecular flexibility index (Phi) is 7.47. The van der Waals surface area contributed by atoms with Crippen LogP contribution in [0.2, 0.25) is 0 Å². The summed E-state index contributed by atoms with van der Waals surface area (Å²) in [6.07, 6.45) is 9.71. The van der Waals surface area contributed by atoms with Crippen molar-refractivity contribution in [2.75, 3.05) is 18.9 Å². The van der Waals surface area contributed by atoms with Crippen LogP contribution in [0.25, 0.3) is 0 Å². The molecule has 1 aromatic heterocycles. The highest BCUT2D eigenvalue weighted by molar-refractivity contribution is 5.23. The van der Waals surface area contributed by atoms with Crippen LogP contribution in [0.15, 0.2) is 12.3 Å². The Morgan fingerprint density at radius 1 is 1.18 bits per heavy atom. The third kappa shape index (κ3) is 7.00. The van der Waals surface area contributed by atoms with E-state index in [1.165, 1.54) is 38.5 Å². The van der Waals surface area contributed by atoms with Gasteiger partial charge in [0.05, 0.1) is 13.2 Å². The zero-order valence-corrected chi connectivity index (χ0v) is 10.9. The first-order valence-electron chi connectivity index (χ1n) is 6.69. The van der Waals surface area contributed by atoms with Crippen LogP contribution in [0.5, 0.6) is 0 Å². The van der Waals surface area contributed by atoms with Gasteiger partial charge in [0, 0.05) is 12.8 Å². The van der Waals surface area contributed by atoms with Crippen LogP contribution < -0.4 is 5.73 Å². The number of hydrogen-bond donors (Lipinski definition) is 1.